The second kappa shape index (κ2) is 5.50. The van der Waals surface area contributed by atoms with Crippen molar-refractivity contribution >= 4 is 0 Å². The van der Waals surface area contributed by atoms with Crippen molar-refractivity contribution in [2.75, 3.05) is 6.54 Å². The van der Waals surface area contributed by atoms with E-state index >= 15 is 0 Å². The van der Waals surface area contributed by atoms with E-state index in [4.69, 9.17) is 5.11 Å². The molecule has 0 aromatic heterocycles. The fourth-order valence-corrected chi connectivity index (χ4v) is 1.53. The van der Waals surface area contributed by atoms with Gasteiger partial charge in [0.05, 0.1) is 0 Å². The van der Waals surface area contributed by atoms with Gasteiger partial charge < -0.3 is 10.4 Å². The SMILES string of the molecule is CCC(C)(C)CNC(C)c1ccc(O)cc1F. The lowest BCUT2D eigenvalue weighted by atomic mass is 9.90. The number of hydrogen-bond donors (Lipinski definition) is 2. The van der Waals surface area contributed by atoms with Gasteiger partial charge in [-0.1, -0.05) is 26.8 Å². The zero-order valence-electron chi connectivity index (χ0n) is 11.0. The zero-order valence-corrected chi connectivity index (χ0v) is 11.0. The van der Waals surface area contributed by atoms with Gasteiger partial charge in [-0.3, -0.25) is 0 Å². The van der Waals surface area contributed by atoms with Crippen molar-refractivity contribution in [1.82, 2.24) is 5.32 Å². The minimum atomic E-state index is -0.362. The van der Waals surface area contributed by atoms with Crippen LogP contribution in [-0.2, 0) is 0 Å². The van der Waals surface area contributed by atoms with Gasteiger partial charge in [0, 0.05) is 24.2 Å². The van der Waals surface area contributed by atoms with Crippen LogP contribution in [0.5, 0.6) is 5.75 Å². The Morgan fingerprint density at radius 3 is 2.59 bits per heavy atom. The predicted octanol–water partition coefficient (Wildman–Crippen LogP) is 3.62. The number of halogens is 1. The summed E-state index contributed by atoms with van der Waals surface area (Å²) in [5.41, 5.74) is 0.802. The number of hydrogen-bond acceptors (Lipinski definition) is 2. The van der Waals surface area contributed by atoms with Gasteiger partial charge in [-0.2, -0.15) is 0 Å². The molecule has 0 aliphatic carbocycles. The molecule has 0 amide bonds. The maximum atomic E-state index is 13.6. The molecule has 2 nitrogen and oxygen atoms in total. The van der Waals surface area contributed by atoms with Gasteiger partial charge in [0.25, 0.3) is 0 Å². The molecule has 96 valence electrons. The minimum Gasteiger partial charge on any atom is -0.508 e. The topological polar surface area (TPSA) is 32.3 Å². The number of aromatic hydroxyl groups is 1. The maximum absolute atomic E-state index is 13.6. The molecule has 0 aliphatic heterocycles. The number of nitrogens with one attached hydrogen (secondary N) is 1. The molecule has 1 aromatic rings. The molecule has 0 saturated carbocycles. The van der Waals surface area contributed by atoms with Crippen molar-refractivity contribution in [3.8, 4) is 5.75 Å². The number of benzene rings is 1. The second-order valence-corrected chi connectivity index (χ2v) is 5.33. The van der Waals surface area contributed by atoms with Crippen molar-refractivity contribution in [1.29, 1.82) is 0 Å². The Kier molecular flexibility index (Phi) is 4.52. The third-order valence-electron chi connectivity index (χ3n) is 3.29. The van der Waals surface area contributed by atoms with E-state index in [0.717, 1.165) is 19.0 Å². The Labute approximate surface area is 103 Å². The van der Waals surface area contributed by atoms with E-state index in [2.05, 4.69) is 26.1 Å². The summed E-state index contributed by atoms with van der Waals surface area (Å²) >= 11 is 0. The molecule has 1 aromatic carbocycles. The molecule has 0 saturated heterocycles. The number of rotatable bonds is 5. The first kappa shape index (κ1) is 14.0. The Balaban J connectivity index is 2.67. The van der Waals surface area contributed by atoms with Crippen LogP contribution in [0.4, 0.5) is 4.39 Å². The van der Waals surface area contributed by atoms with Crippen LogP contribution in [0.3, 0.4) is 0 Å². The molecule has 2 N–H and O–H groups in total. The lowest BCUT2D eigenvalue weighted by Crippen LogP contribution is -2.31. The van der Waals surface area contributed by atoms with E-state index in [0.29, 0.717) is 5.56 Å². The highest BCUT2D eigenvalue weighted by molar-refractivity contribution is 5.29. The van der Waals surface area contributed by atoms with Crippen molar-refractivity contribution in [3.63, 3.8) is 0 Å². The zero-order chi connectivity index (χ0) is 13.1. The first-order valence-electron chi connectivity index (χ1n) is 6.07. The van der Waals surface area contributed by atoms with Gasteiger partial charge in [-0.15, -0.1) is 0 Å². The molecule has 1 rings (SSSR count). The molecule has 1 unspecified atom stereocenters. The fraction of sp³-hybridized carbons (Fsp3) is 0.571. The fourth-order valence-electron chi connectivity index (χ4n) is 1.53. The van der Waals surface area contributed by atoms with Crippen LogP contribution in [0.2, 0.25) is 0 Å². The van der Waals surface area contributed by atoms with Gasteiger partial charge >= 0.3 is 0 Å². The van der Waals surface area contributed by atoms with Crippen LogP contribution in [0.15, 0.2) is 18.2 Å². The van der Waals surface area contributed by atoms with Crippen LogP contribution < -0.4 is 5.32 Å². The third kappa shape index (κ3) is 4.00. The van der Waals surface area contributed by atoms with Gasteiger partial charge in [-0.25, -0.2) is 4.39 Å². The van der Waals surface area contributed by atoms with Crippen LogP contribution in [0.1, 0.15) is 45.7 Å². The van der Waals surface area contributed by atoms with Crippen LogP contribution in [-0.4, -0.2) is 11.7 Å². The quantitative estimate of drug-likeness (QED) is 0.822. The molecule has 1 atom stereocenters. The predicted molar refractivity (Wildman–Crippen MR) is 68.6 cm³/mol. The lowest BCUT2D eigenvalue weighted by molar-refractivity contribution is 0.312. The second-order valence-electron chi connectivity index (χ2n) is 5.33. The van der Waals surface area contributed by atoms with Crippen molar-refractivity contribution in [3.05, 3.63) is 29.6 Å². The van der Waals surface area contributed by atoms with E-state index in [1.165, 1.54) is 6.07 Å². The van der Waals surface area contributed by atoms with Crippen LogP contribution in [0.25, 0.3) is 0 Å². The number of phenols is 1. The molecule has 0 bridgehead atoms. The molecule has 0 radical (unpaired) electrons. The average molecular weight is 239 g/mol. The Bertz CT molecular complexity index is 376. The normalized spacial score (nSPS) is 13.7. The molecule has 3 heteroatoms. The third-order valence-corrected chi connectivity index (χ3v) is 3.29. The first-order chi connectivity index (χ1) is 7.85. The summed E-state index contributed by atoms with van der Waals surface area (Å²) in [5, 5.41) is 12.5. The van der Waals surface area contributed by atoms with Gasteiger partial charge in [0.2, 0.25) is 0 Å². The molecular weight excluding hydrogens is 217 g/mol. The van der Waals surface area contributed by atoms with Crippen molar-refractivity contribution in [2.24, 2.45) is 5.41 Å². The number of phenolic OH excluding ortho intramolecular Hbond substituents is 1. The smallest absolute Gasteiger partial charge is 0.131 e. The van der Waals surface area contributed by atoms with Crippen molar-refractivity contribution < 1.29 is 9.50 Å². The molecular formula is C14H22FNO. The first-order valence-corrected chi connectivity index (χ1v) is 6.07. The Hall–Kier alpha value is -1.09. The van der Waals surface area contributed by atoms with Gasteiger partial charge in [-0.05, 0) is 24.8 Å². The highest BCUT2D eigenvalue weighted by Crippen LogP contribution is 2.23. The van der Waals surface area contributed by atoms with Crippen molar-refractivity contribution in [2.45, 2.75) is 40.2 Å². The van der Waals surface area contributed by atoms with Crippen LogP contribution >= 0.6 is 0 Å². The monoisotopic (exact) mass is 239 g/mol. The molecule has 0 spiro atoms. The van der Waals surface area contributed by atoms with E-state index in [-0.39, 0.29) is 23.0 Å². The maximum Gasteiger partial charge on any atom is 0.131 e. The molecule has 0 aliphatic rings. The summed E-state index contributed by atoms with van der Waals surface area (Å²) in [6, 6.07) is 4.24. The Morgan fingerprint density at radius 2 is 2.06 bits per heavy atom. The summed E-state index contributed by atoms with van der Waals surface area (Å²) in [5.74, 6) is -0.397. The summed E-state index contributed by atoms with van der Waals surface area (Å²) in [6.07, 6.45) is 1.07. The Morgan fingerprint density at radius 1 is 1.41 bits per heavy atom. The summed E-state index contributed by atoms with van der Waals surface area (Å²) < 4.78 is 13.6. The van der Waals surface area contributed by atoms with E-state index in [1.54, 1.807) is 6.07 Å². The van der Waals surface area contributed by atoms with Crippen LogP contribution in [0, 0.1) is 11.2 Å². The molecule has 17 heavy (non-hydrogen) atoms. The summed E-state index contributed by atoms with van der Waals surface area (Å²) in [4.78, 5) is 0. The summed E-state index contributed by atoms with van der Waals surface area (Å²) in [6.45, 7) is 9.28. The summed E-state index contributed by atoms with van der Waals surface area (Å²) in [7, 11) is 0. The highest BCUT2D eigenvalue weighted by atomic mass is 19.1. The average Bonchev–Trinajstić information content (AvgIpc) is 2.26. The molecule has 0 heterocycles. The van der Waals surface area contributed by atoms with E-state index < -0.39 is 0 Å². The van der Waals surface area contributed by atoms with Gasteiger partial charge in [0.1, 0.15) is 11.6 Å². The minimum absolute atomic E-state index is 0.0349. The lowest BCUT2D eigenvalue weighted by Gasteiger charge is -2.26. The van der Waals surface area contributed by atoms with E-state index in [1.807, 2.05) is 6.92 Å². The van der Waals surface area contributed by atoms with Gasteiger partial charge in [0.15, 0.2) is 0 Å². The molecule has 0 fully saturated rings. The largest absolute Gasteiger partial charge is 0.508 e. The highest BCUT2D eigenvalue weighted by Gasteiger charge is 2.17. The standard InChI is InChI=1S/C14H22FNO/c1-5-14(3,4)9-16-10(2)12-7-6-11(17)8-13(12)15/h6-8,10,16-17H,5,9H2,1-4H3. The van der Waals surface area contributed by atoms with E-state index in [9.17, 15) is 4.39 Å².